The number of aliphatic hydroxyl groups excluding tert-OH is 5. The third kappa shape index (κ3) is 4.87. The molecule has 0 unspecified atom stereocenters. The number of rotatable bonds is 7. The zero-order valence-electron chi connectivity index (χ0n) is 12.2. The summed E-state index contributed by atoms with van der Waals surface area (Å²) in [5.41, 5.74) is -0.548. The second-order valence-electron chi connectivity index (χ2n) is 5.01. The summed E-state index contributed by atoms with van der Waals surface area (Å²) in [4.78, 5) is -2.25. The van der Waals surface area contributed by atoms with Gasteiger partial charge in [0.1, 0.15) is 30.1 Å². The Morgan fingerprint density at radius 1 is 1.42 bits per heavy atom. The van der Waals surface area contributed by atoms with Gasteiger partial charge < -0.3 is 30.3 Å². The predicted octanol–water partition coefficient (Wildman–Crippen LogP) is -2.80. The minimum Gasteiger partial charge on any atom is -0.394 e. The topological polar surface area (TPSA) is 186 Å². The Kier molecular flexibility index (Phi) is 7.16. The van der Waals surface area contributed by atoms with E-state index in [2.05, 4.69) is 28.6 Å². The summed E-state index contributed by atoms with van der Waals surface area (Å²) in [7, 11) is -5.02. The second kappa shape index (κ2) is 8.07. The zero-order valence-corrected chi connectivity index (χ0v) is 13.9. The lowest BCUT2D eigenvalue weighted by molar-refractivity contribution is -0.222. The molecule has 0 radical (unpaired) electrons. The molecule has 0 saturated carbocycles. The number of oxime groups is 1. The van der Waals surface area contributed by atoms with Gasteiger partial charge in [0.25, 0.3) is 0 Å². The Hall–Kier alpha value is -0.770. The van der Waals surface area contributed by atoms with Gasteiger partial charge in [-0.25, -0.2) is 4.28 Å². The fraction of sp³-hybridized carbons (Fsp3) is 0.727. The zero-order chi connectivity index (χ0) is 18.7. The van der Waals surface area contributed by atoms with E-state index in [9.17, 15) is 34.0 Å². The molecule has 1 fully saturated rings. The van der Waals surface area contributed by atoms with E-state index in [-0.39, 0.29) is 0 Å². The van der Waals surface area contributed by atoms with Gasteiger partial charge in [-0.3, -0.25) is 4.55 Å². The number of aliphatic hydroxyl groups is 5. The molecule has 0 spiro atoms. The van der Waals surface area contributed by atoms with Gasteiger partial charge in [-0.05, 0) is 0 Å². The Bertz CT molecular complexity index is 579. The van der Waals surface area contributed by atoms with Crippen molar-refractivity contribution in [1.29, 1.82) is 0 Å². The van der Waals surface area contributed by atoms with Crippen molar-refractivity contribution in [2.24, 2.45) is 5.16 Å². The molecule has 1 saturated heterocycles. The van der Waals surface area contributed by atoms with Crippen molar-refractivity contribution in [2.75, 3.05) is 6.61 Å². The summed E-state index contributed by atoms with van der Waals surface area (Å²) in [6, 6.07) is 0. The maximum Gasteiger partial charge on any atom is 0.466 e. The van der Waals surface area contributed by atoms with Gasteiger partial charge >= 0.3 is 10.4 Å². The normalized spacial score (nSPS) is 36.2. The molecule has 1 heterocycles. The largest absolute Gasteiger partial charge is 0.466 e. The lowest BCUT2D eigenvalue weighted by Crippen LogP contribution is -2.66. The van der Waals surface area contributed by atoms with Gasteiger partial charge in [0.05, 0.1) is 12.7 Å². The lowest BCUT2D eigenvalue weighted by Gasteiger charge is -2.46. The number of thiol groups is 1. The van der Waals surface area contributed by atoms with Crippen LogP contribution in [0.3, 0.4) is 0 Å². The molecule has 11 nitrogen and oxygen atoms in total. The monoisotopic (exact) mass is 389 g/mol. The van der Waals surface area contributed by atoms with Gasteiger partial charge in [0, 0.05) is 6.42 Å². The number of nitrogens with zero attached hydrogens (tertiary/aromatic N) is 1. The molecule has 0 aliphatic carbocycles. The van der Waals surface area contributed by atoms with Crippen molar-refractivity contribution >= 4 is 28.7 Å². The number of ether oxygens (including phenoxy) is 1. The van der Waals surface area contributed by atoms with Gasteiger partial charge in [0.2, 0.25) is 0 Å². The smallest absolute Gasteiger partial charge is 0.394 e. The summed E-state index contributed by atoms with van der Waals surface area (Å²) in [6.07, 6.45) is -7.63. The summed E-state index contributed by atoms with van der Waals surface area (Å²) in [5, 5.41) is 51.6. The van der Waals surface area contributed by atoms with Crippen molar-refractivity contribution in [3.05, 3.63) is 12.7 Å². The fourth-order valence-corrected chi connectivity index (χ4v) is 2.62. The van der Waals surface area contributed by atoms with Crippen LogP contribution in [0.1, 0.15) is 6.42 Å². The standard InChI is InChI=1S/C11H19NO10S2/c1-2-5(14)3-7(12-22-24(18,19)20)11(23)10(17)9(16)8(15)6(4-13)21-11/h2,5-6,8-10,13-17,23H,1,3-4H2,(H,18,19,20)/b12-7+/t5-,6+,8+,9-,10+,11-/m0/s1. The highest BCUT2D eigenvalue weighted by Gasteiger charge is 2.54. The van der Waals surface area contributed by atoms with E-state index < -0.39 is 64.6 Å². The van der Waals surface area contributed by atoms with Gasteiger partial charge in [-0.2, -0.15) is 8.42 Å². The van der Waals surface area contributed by atoms with E-state index >= 15 is 0 Å². The van der Waals surface area contributed by atoms with Gasteiger partial charge in [-0.15, -0.1) is 19.2 Å². The SMILES string of the molecule is C=C[C@H](O)C/C(=N\OS(=O)(=O)O)[C@@]1(S)O[C@H](CO)[C@@H](O)[C@H](O)[C@H]1O. The van der Waals surface area contributed by atoms with Crippen LogP contribution in [0.2, 0.25) is 0 Å². The van der Waals surface area contributed by atoms with Crippen LogP contribution in [0.15, 0.2) is 17.8 Å². The minimum absolute atomic E-state index is 0.513. The second-order valence-corrected chi connectivity index (χ2v) is 6.68. The van der Waals surface area contributed by atoms with E-state index in [1.807, 2.05) is 0 Å². The van der Waals surface area contributed by atoms with E-state index in [4.69, 9.17) is 9.29 Å². The van der Waals surface area contributed by atoms with Crippen LogP contribution in [-0.4, -0.2) is 86.3 Å². The van der Waals surface area contributed by atoms with Crippen LogP contribution in [-0.2, 0) is 19.4 Å². The maximum absolute atomic E-state index is 10.7. The van der Waals surface area contributed by atoms with E-state index in [1.165, 1.54) is 0 Å². The van der Waals surface area contributed by atoms with Crippen LogP contribution < -0.4 is 0 Å². The molecule has 6 N–H and O–H groups in total. The molecule has 0 aromatic carbocycles. The van der Waals surface area contributed by atoms with Gasteiger partial charge in [0.15, 0.2) is 4.93 Å². The minimum atomic E-state index is -5.02. The number of hydrogen-bond acceptors (Lipinski definition) is 11. The Morgan fingerprint density at radius 3 is 2.46 bits per heavy atom. The van der Waals surface area contributed by atoms with E-state index in [1.54, 1.807) is 0 Å². The maximum atomic E-state index is 10.7. The van der Waals surface area contributed by atoms with Crippen LogP contribution in [0.4, 0.5) is 0 Å². The Balaban J connectivity index is 3.28. The highest BCUT2D eigenvalue weighted by Crippen LogP contribution is 2.36. The van der Waals surface area contributed by atoms with Crippen molar-refractivity contribution < 1.29 is 47.5 Å². The van der Waals surface area contributed by atoms with Crippen molar-refractivity contribution in [1.82, 2.24) is 0 Å². The third-order valence-corrected chi connectivity index (χ3v) is 4.19. The van der Waals surface area contributed by atoms with Crippen molar-refractivity contribution in [2.45, 2.75) is 41.9 Å². The first kappa shape index (κ1) is 21.3. The molecule has 0 amide bonds. The average molecular weight is 389 g/mol. The molecular formula is C11H19NO10S2. The Labute approximate surface area is 143 Å². The van der Waals surface area contributed by atoms with E-state index in [0.29, 0.717) is 0 Å². The molecule has 0 bridgehead atoms. The van der Waals surface area contributed by atoms with Crippen molar-refractivity contribution in [3.8, 4) is 0 Å². The predicted molar refractivity (Wildman–Crippen MR) is 82.6 cm³/mol. The summed E-state index contributed by atoms with van der Waals surface area (Å²) in [5.74, 6) is 0. The molecule has 13 heteroatoms. The molecule has 140 valence electrons. The van der Waals surface area contributed by atoms with Crippen molar-refractivity contribution in [3.63, 3.8) is 0 Å². The first-order valence-electron chi connectivity index (χ1n) is 6.55. The molecule has 1 aliphatic heterocycles. The lowest BCUT2D eigenvalue weighted by atomic mass is 9.90. The molecule has 1 rings (SSSR count). The van der Waals surface area contributed by atoms with Crippen LogP contribution in [0.5, 0.6) is 0 Å². The van der Waals surface area contributed by atoms with Gasteiger partial charge in [-0.1, -0.05) is 11.2 Å². The molecule has 24 heavy (non-hydrogen) atoms. The van der Waals surface area contributed by atoms with Crippen LogP contribution >= 0.6 is 12.6 Å². The highest BCUT2D eigenvalue weighted by molar-refractivity contribution is 7.82. The fourth-order valence-electron chi connectivity index (χ4n) is 2.01. The molecule has 0 aromatic rings. The summed E-state index contributed by atoms with van der Waals surface area (Å²) < 4.78 is 39.0. The number of hydrogen-bond donors (Lipinski definition) is 7. The average Bonchev–Trinajstić information content (AvgIpc) is 2.51. The quantitative estimate of drug-likeness (QED) is 0.0788. The van der Waals surface area contributed by atoms with E-state index in [0.717, 1.165) is 6.08 Å². The molecular weight excluding hydrogens is 370 g/mol. The summed E-state index contributed by atoms with van der Waals surface area (Å²) in [6.45, 7) is 2.52. The Morgan fingerprint density at radius 2 is 2.00 bits per heavy atom. The molecule has 0 aromatic heterocycles. The first-order chi connectivity index (χ1) is 11.0. The summed E-state index contributed by atoms with van der Waals surface area (Å²) >= 11 is 4.01. The molecule has 1 aliphatic rings. The van der Waals surface area contributed by atoms with Crippen LogP contribution in [0, 0.1) is 0 Å². The third-order valence-electron chi connectivity index (χ3n) is 3.30. The highest BCUT2D eigenvalue weighted by atomic mass is 32.3. The molecule has 6 atom stereocenters. The van der Waals surface area contributed by atoms with Crippen LogP contribution in [0.25, 0.3) is 0 Å². The first-order valence-corrected chi connectivity index (χ1v) is 8.36.